The van der Waals surface area contributed by atoms with E-state index in [9.17, 15) is 0 Å². The first-order valence-corrected chi connectivity index (χ1v) is 12.0. The van der Waals surface area contributed by atoms with E-state index in [-0.39, 0.29) is 0 Å². The van der Waals surface area contributed by atoms with Gasteiger partial charge in [0.25, 0.3) is 0 Å². The molecule has 25 heavy (non-hydrogen) atoms. The predicted octanol–water partition coefficient (Wildman–Crippen LogP) is 1.59. The van der Waals surface area contributed by atoms with Crippen LogP contribution in [0.4, 0.5) is 0 Å². The zero-order valence-electron chi connectivity index (χ0n) is 14.7. The summed E-state index contributed by atoms with van der Waals surface area (Å²) in [6, 6.07) is 16.8. The molecule has 2 aromatic heterocycles. The van der Waals surface area contributed by atoms with Gasteiger partial charge in [-0.1, -0.05) is 36.1 Å². The van der Waals surface area contributed by atoms with Crippen LogP contribution < -0.4 is 20.3 Å². The number of para-hydroxylation sites is 4. The van der Waals surface area contributed by atoms with E-state index in [4.69, 9.17) is 24.1 Å². The van der Waals surface area contributed by atoms with Gasteiger partial charge < -0.3 is 0 Å². The lowest BCUT2D eigenvalue weighted by atomic mass is 10.3. The van der Waals surface area contributed by atoms with E-state index in [2.05, 4.69) is 95.0 Å². The quantitative estimate of drug-likeness (QED) is 0.314. The highest BCUT2D eigenvalue weighted by Gasteiger charge is 2.42. The van der Waals surface area contributed by atoms with Gasteiger partial charge in [0, 0.05) is 0 Å². The SMILES string of the molecule is Cn1c(P(=S)(S)c2n(C)c3ccccc3[n+]2C)[n+](C)c2ccccc21. The molecule has 0 radical (unpaired) electrons. The summed E-state index contributed by atoms with van der Waals surface area (Å²) in [4.78, 5) is 0. The molecular weight excluding hydrogens is 367 g/mol. The van der Waals surface area contributed by atoms with E-state index >= 15 is 0 Å². The van der Waals surface area contributed by atoms with E-state index in [0.717, 1.165) is 11.1 Å². The monoisotopic (exact) mass is 388 g/mol. The van der Waals surface area contributed by atoms with Crippen LogP contribution in [-0.2, 0) is 40.0 Å². The number of fused-ring (bicyclic) bond motifs is 2. The van der Waals surface area contributed by atoms with Gasteiger partial charge in [0.1, 0.15) is 0 Å². The minimum Gasteiger partial charge on any atom is -0.224 e. The second-order valence-electron chi connectivity index (χ2n) is 6.39. The van der Waals surface area contributed by atoms with Crippen molar-refractivity contribution in [3.8, 4) is 0 Å². The van der Waals surface area contributed by atoms with Gasteiger partial charge in [-0.15, -0.1) is 12.2 Å². The van der Waals surface area contributed by atoms with Gasteiger partial charge in [-0.3, -0.25) is 0 Å². The van der Waals surface area contributed by atoms with Crippen LogP contribution in [0.3, 0.4) is 0 Å². The minimum atomic E-state index is -2.31. The maximum Gasteiger partial charge on any atom is 0.308 e. The molecule has 0 fully saturated rings. The first-order valence-electron chi connectivity index (χ1n) is 8.06. The molecule has 0 saturated heterocycles. The fourth-order valence-electron chi connectivity index (χ4n) is 3.85. The standard InChI is InChI=1S/C18H20N4PS2/c1-19-13-9-5-6-10-14(13)20(2)17(19)23(24,25)18-21(3)15-11-7-8-12-16(15)22(18)4/h5-12H,1-4H3/q+1/p+1. The molecular formula is C18H21N4PS2+2. The van der Waals surface area contributed by atoms with E-state index < -0.39 is 5.24 Å². The lowest BCUT2D eigenvalue weighted by molar-refractivity contribution is -0.630. The highest BCUT2D eigenvalue weighted by molar-refractivity contribution is 8.68. The number of hydrogen-bond acceptors (Lipinski definition) is 1. The van der Waals surface area contributed by atoms with Crippen molar-refractivity contribution in [1.82, 2.24) is 9.13 Å². The van der Waals surface area contributed by atoms with Crippen LogP contribution >= 0.6 is 17.5 Å². The summed E-state index contributed by atoms with van der Waals surface area (Å²) in [6.45, 7) is 0. The zero-order chi connectivity index (χ0) is 17.9. The Morgan fingerprint density at radius 3 is 1.52 bits per heavy atom. The Kier molecular flexibility index (Phi) is 3.83. The van der Waals surface area contributed by atoms with Crippen LogP contribution in [0.1, 0.15) is 0 Å². The first kappa shape index (κ1) is 16.8. The predicted molar refractivity (Wildman–Crippen MR) is 111 cm³/mol. The second kappa shape index (κ2) is 5.70. The summed E-state index contributed by atoms with van der Waals surface area (Å²) in [5.41, 5.74) is 6.84. The molecule has 4 aromatic rings. The third kappa shape index (κ3) is 2.24. The number of benzene rings is 2. The molecule has 7 heteroatoms. The van der Waals surface area contributed by atoms with Crippen molar-refractivity contribution < 1.29 is 9.13 Å². The third-order valence-corrected chi connectivity index (χ3v) is 9.29. The number of rotatable bonds is 2. The van der Waals surface area contributed by atoms with Crippen LogP contribution in [0.2, 0.25) is 0 Å². The molecule has 0 aliphatic heterocycles. The van der Waals surface area contributed by atoms with Gasteiger partial charge in [0.2, 0.25) is 5.24 Å². The lowest BCUT2D eigenvalue weighted by Gasteiger charge is -2.10. The van der Waals surface area contributed by atoms with Crippen molar-refractivity contribution in [3.05, 3.63) is 48.5 Å². The molecule has 128 valence electrons. The highest BCUT2D eigenvalue weighted by Crippen LogP contribution is 2.47. The van der Waals surface area contributed by atoms with Gasteiger partial charge in [-0.25, -0.2) is 18.3 Å². The van der Waals surface area contributed by atoms with E-state index in [1.807, 2.05) is 0 Å². The van der Waals surface area contributed by atoms with Crippen molar-refractivity contribution in [1.29, 1.82) is 0 Å². The van der Waals surface area contributed by atoms with Gasteiger partial charge in [0.15, 0.2) is 22.1 Å². The third-order valence-electron chi connectivity index (χ3n) is 4.95. The Hall–Kier alpha value is -1.62. The fraction of sp³-hybridized carbons (Fsp3) is 0.222. The largest absolute Gasteiger partial charge is 0.308 e. The Balaban J connectivity index is 2.09. The Labute approximate surface area is 157 Å². The number of aromatic nitrogens is 4. The molecule has 2 aromatic carbocycles. The molecule has 0 saturated carbocycles. The topological polar surface area (TPSA) is 17.6 Å². The maximum absolute atomic E-state index is 6.20. The molecule has 0 amide bonds. The van der Waals surface area contributed by atoms with Crippen LogP contribution in [0.25, 0.3) is 22.1 Å². The van der Waals surface area contributed by atoms with Crippen LogP contribution in [0, 0.1) is 0 Å². The van der Waals surface area contributed by atoms with Crippen molar-refractivity contribution in [2.45, 2.75) is 0 Å². The molecule has 0 unspecified atom stereocenters. The number of imidazole rings is 2. The normalized spacial score (nSPS) is 12.4. The molecule has 4 rings (SSSR count). The molecule has 0 atom stereocenters. The second-order valence-corrected chi connectivity index (χ2v) is 12.6. The number of thiol groups is 1. The van der Waals surface area contributed by atoms with E-state index in [1.165, 1.54) is 22.1 Å². The molecule has 0 aliphatic rings. The Morgan fingerprint density at radius 2 is 1.16 bits per heavy atom. The smallest absolute Gasteiger partial charge is 0.224 e. The zero-order valence-corrected chi connectivity index (χ0v) is 17.3. The molecule has 4 nitrogen and oxygen atoms in total. The molecule has 0 bridgehead atoms. The summed E-state index contributed by atoms with van der Waals surface area (Å²) in [5, 5.41) is -2.31. The van der Waals surface area contributed by atoms with Crippen LogP contribution in [0.5, 0.6) is 0 Å². The number of hydrogen-bond donors (Lipinski definition) is 1. The van der Waals surface area contributed by atoms with Crippen molar-refractivity contribution in [3.63, 3.8) is 0 Å². The number of nitrogens with zero attached hydrogens (tertiary/aromatic N) is 4. The molecule has 0 aliphatic carbocycles. The summed E-state index contributed by atoms with van der Waals surface area (Å²) in [5.74, 6) is 0. The van der Waals surface area contributed by atoms with Gasteiger partial charge in [-0.05, 0) is 24.3 Å². The van der Waals surface area contributed by atoms with Crippen LogP contribution in [-0.4, -0.2) is 9.13 Å². The van der Waals surface area contributed by atoms with E-state index in [1.54, 1.807) is 0 Å². The Bertz CT molecular complexity index is 1020. The summed E-state index contributed by atoms with van der Waals surface area (Å²) in [7, 11) is 8.32. The fourth-order valence-corrected chi connectivity index (χ4v) is 9.16. The van der Waals surface area contributed by atoms with Crippen molar-refractivity contribution in [2.24, 2.45) is 28.2 Å². The maximum atomic E-state index is 6.20. The van der Waals surface area contributed by atoms with Gasteiger partial charge in [0.05, 0.1) is 28.2 Å². The van der Waals surface area contributed by atoms with Gasteiger partial charge >= 0.3 is 11.1 Å². The van der Waals surface area contributed by atoms with Crippen LogP contribution in [0.15, 0.2) is 48.5 Å². The first-order chi connectivity index (χ1) is 11.9. The highest BCUT2D eigenvalue weighted by atomic mass is 32.9. The molecule has 2 heterocycles. The van der Waals surface area contributed by atoms with Gasteiger partial charge in [-0.2, -0.15) is 0 Å². The average molecular weight is 389 g/mol. The Morgan fingerprint density at radius 1 is 0.800 bits per heavy atom. The van der Waals surface area contributed by atoms with E-state index in [0.29, 0.717) is 0 Å². The summed E-state index contributed by atoms with van der Waals surface area (Å²) < 4.78 is 8.78. The molecule has 0 spiro atoms. The number of aryl methyl sites for hydroxylation is 4. The van der Waals surface area contributed by atoms with Crippen molar-refractivity contribution >= 4 is 62.5 Å². The van der Waals surface area contributed by atoms with Crippen molar-refractivity contribution in [2.75, 3.05) is 0 Å². The minimum absolute atomic E-state index is 1.08. The lowest BCUT2D eigenvalue weighted by Crippen LogP contribution is -2.53. The summed E-state index contributed by atoms with van der Waals surface area (Å²) in [6.07, 6.45) is 0. The average Bonchev–Trinajstić information content (AvgIpc) is 3.01. The summed E-state index contributed by atoms with van der Waals surface area (Å²) >= 11 is 11.3. The molecule has 0 N–H and O–H groups in total.